The summed E-state index contributed by atoms with van der Waals surface area (Å²) in [5, 5.41) is 16.0. The molecule has 1 aromatic carbocycles. The number of sulfone groups is 1. The van der Waals surface area contributed by atoms with Gasteiger partial charge in [0.25, 0.3) is 0 Å². The van der Waals surface area contributed by atoms with Crippen LogP contribution in [0.5, 0.6) is 0 Å². The average molecular weight is 434 g/mol. The summed E-state index contributed by atoms with van der Waals surface area (Å²) < 4.78 is 25.4. The number of aryl methyl sites for hydroxylation is 1. The largest absolute Gasteiger partial charge is 0.394 e. The Balaban J connectivity index is 1.86. The highest BCUT2D eigenvalue weighted by molar-refractivity contribution is 7.90. The van der Waals surface area contributed by atoms with Crippen LogP contribution in [0.25, 0.3) is 0 Å². The number of Topliss-reactive ketones (excluding diaryl/α,β-unsaturated/α-hetero) is 1. The molecule has 1 amide bonds. The summed E-state index contributed by atoms with van der Waals surface area (Å²) in [6.07, 6.45) is 5.10. The van der Waals surface area contributed by atoms with Gasteiger partial charge in [-0.25, -0.2) is 8.42 Å². The number of carbonyl (C=O) groups excluding carboxylic acids is 2. The molecule has 1 saturated carbocycles. The highest BCUT2D eigenvalue weighted by Gasteiger charge is 2.30. The maximum Gasteiger partial charge on any atom is 0.233 e. The molecule has 0 aliphatic heterocycles. The number of aliphatic hydroxyl groups excluding tert-OH is 1. The first-order chi connectivity index (χ1) is 14.2. The van der Waals surface area contributed by atoms with Gasteiger partial charge in [0.2, 0.25) is 5.91 Å². The summed E-state index contributed by atoms with van der Waals surface area (Å²) in [6.45, 7) is 1.99. The number of amides is 1. The number of anilines is 1. The lowest BCUT2D eigenvalue weighted by atomic mass is 9.86. The number of carbonyl (C=O) groups is 2. The lowest BCUT2D eigenvalue weighted by molar-refractivity contribution is -0.119. The van der Waals surface area contributed by atoms with Crippen molar-refractivity contribution in [1.82, 2.24) is 9.78 Å². The van der Waals surface area contributed by atoms with Crippen molar-refractivity contribution in [2.24, 2.45) is 5.92 Å². The molecule has 1 aliphatic carbocycles. The molecule has 1 fully saturated rings. The van der Waals surface area contributed by atoms with Gasteiger partial charge < -0.3 is 10.4 Å². The van der Waals surface area contributed by atoms with Gasteiger partial charge in [0.1, 0.15) is 5.78 Å². The zero-order chi connectivity index (χ0) is 21.9. The molecule has 0 bridgehead atoms. The van der Waals surface area contributed by atoms with E-state index in [-0.39, 0.29) is 29.1 Å². The predicted molar refractivity (Wildman–Crippen MR) is 112 cm³/mol. The summed E-state index contributed by atoms with van der Waals surface area (Å²) in [4.78, 5) is 25.1. The number of benzene rings is 1. The Morgan fingerprint density at radius 2 is 2.13 bits per heavy atom. The molecule has 2 atom stereocenters. The number of nitrogens with zero attached hydrogens (tertiary/aromatic N) is 2. The Labute approximate surface area is 176 Å². The molecular formula is C21H27N3O5S. The third kappa shape index (κ3) is 5.34. The fourth-order valence-corrected chi connectivity index (χ4v) is 4.95. The zero-order valence-electron chi connectivity index (χ0n) is 17.2. The fourth-order valence-electron chi connectivity index (χ4n) is 3.99. The standard InChI is InChI=1S/C21H27N3O5S/c1-14-11-16(4-6-19(14)30(2,28)29)18(13-15-3-5-17(26)12-15)21(27)22-20-7-8-24(23-20)9-10-25/h4,6-8,11,15,18,25H,3,5,9-10,12-13H2,1-2H3,(H,22,23,27)/t15-,18+/m0/s1. The normalized spacial score (nSPS) is 17.8. The molecule has 0 unspecified atom stereocenters. The monoisotopic (exact) mass is 433 g/mol. The molecule has 0 spiro atoms. The number of aliphatic hydroxyl groups is 1. The van der Waals surface area contributed by atoms with Gasteiger partial charge in [0, 0.05) is 31.4 Å². The number of ketones is 1. The first-order valence-electron chi connectivity index (χ1n) is 9.95. The molecule has 1 aliphatic rings. The van der Waals surface area contributed by atoms with Crippen LogP contribution in [0.3, 0.4) is 0 Å². The van der Waals surface area contributed by atoms with Crippen LogP contribution >= 0.6 is 0 Å². The molecule has 0 radical (unpaired) electrons. The molecular weight excluding hydrogens is 406 g/mol. The summed E-state index contributed by atoms with van der Waals surface area (Å²) in [5.41, 5.74) is 1.30. The smallest absolute Gasteiger partial charge is 0.233 e. The molecule has 1 aromatic heterocycles. The van der Waals surface area contributed by atoms with Gasteiger partial charge in [-0.2, -0.15) is 5.10 Å². The van der Waals surface area contributed by atoms with E-state index in [4.69, 9.17) is 5.11 Å². The van der Waals surface area contributed by atoms with Crippen molar-refractivity contribution in [2.75, 3.05) is 18.2 Å². The number of hydrogen-bond donors (Lipinski definition) is 2. The number of rotatable bonds is 8. The molecule has 30 heavy (non-hydrogen) atoms. The summed E-state index contributed by atoms with van der Waals surface area (Å²) >= 11 is 0. The second kappa shape index (κ2) is 9.09. The van der Waals surface area contributed by atoms with Crippen molar-refractivity contribution in [3.8, 4) is 0 Å². The highest BCUT2D eigenvalue weighted by Crippen LogP contribution is 2.34. The topological polar surface area (TPSA) is 118 Å². The van der Waals surface area contributed by atoms with Crippen molar-refractivity contribution in [3.63, 3.8) is 0 Å². The van der Waals surface area contributed by atoms with Crippen molar-refractivity contribution in [2.45, 2.75) is 50.0 Å². The van der Waals surface area contributed by atoms with E-state index < -0.39 is 15.8 Å². The lowest BCUT2D eigenvalue weighted by Gasteiger charge is -2.21. The van der Waals surface area contributed by atoms with Crippen LogP contribution in [0, 0.1) is 12.8 Å². The highest BCUT2D eigenvalue weighted by atomic mass is 32.2. The van der Waals surface area contributed by atoms with Crippen molar-refractivity contribution in [3.05, 3.63) is 41.6 Å². The summed E-state index contributed by atoms with van der Waals surface area (Å²) in [5.74, 6) is -0.0719. The quantitative estimate of drug-likeness (QED) is 0.658. The van der Waals surface area contributed by atoms with Gasteiger partial charge in [0.15, 0.2) is 15.7 Å². The minimum absolute atomic E-state index is 0.0562. The van der Waals surface area contributed by atoms with Crippen LogP contribution in [0.1, 0.15) is 42.7 Å². The molecule has 0 saturated heterocycles. The zero-order valence-corrected chi connectivity index (χ0v) is 18.0. The first kappa shape index (κ1) is 22.2. The van der Waals surface area contributed by atoms with Gasteiger partial charge in [-0.3, -0.25) is 14.3 Å². The van der Waals surface area contributed by atoms with Crippen molar-refractivity contribution in [1.29, 1.82) is 0 Å². The van der Waals surface area contributed by atoms with Crippen molar-refractivity contribution < 1.29 is 23.1 Å². The van der Waals surface area contributed by atoms with Gasteiger partial charge >= 0.3 is 0 Å². The summed E-state index contributed by atoms with van der Waals surface area (Å²) in [6, 6.07) is 6.61. The molecule has 1 heterocycles. The average Bonchev–Trinajstić information content (AvgIpc) is 3.27. The third-order valence-electron chi connectivity index (χ3n) is 5.46. The van der Waals surface area contributed by atoms with Crippen molar-refractivity contribution >= 4 is 27.3 Å². The van der Waals surface area contributed by atoms with E-state index in [1.54, 1.807) is 31.3 Å². The Kier molecular flexibility index (Phi) is 6.72. The maximum atomic E-state index is 13.1. The van der Waals surface area contributed by atoms with Gasteiger partial charge in [-0.15, -0.1) is 0 Å². The SMILES string of the molecule is Cc1cc([C@@H](C[C@H]2CCC(=O)C2)C(=O)Nc2ccn(CCO)n2)ccc1S(C)(=O)=O. The van der Waals surface area contributed by atoms with Crippen LogP contribution in [0.4, 0.5) is 5.82 Å². The number of hydrogen-bond acceptors (Lipinski definition) is 6. The van der Waals surface area contributed by atoms with Crippen LogP contribution < -0.4 is 5.32 Å². The summed E-state index contributed by atoms with van der Waals surface area (Å²) in [7, 11) is -3.36. The number of aromatic nitrogens is 2. The molecule has 3 rings (SSSR count). The molecule has 162 valence electrons. The van der Waals surface area contributed by atoms with E-state index >= 15 is 0 Å². The van der Waals surface area contributed by atoms with Crippen LogP contribution in [-0.4, -0.2) is 47.9 Å². The fraction of sp³-hybridized carbons (Fsp3) is 0.476. The Bertz CT molecular complexity index is 1040. The van der Waals surface area contributed by atoms with E-state index in [2.05, 4.69) is 10.4 Å². The Morgan fingerprint density at radius 3 is 2.73 bits per heavy atom. The van der Waals surface area contributed by atoms with Gasteiger partial charge in [-0.05, 0) is 42.9 Å². The third-order valence-corrected chi connectivity index (χ3v) is 6.71. The minimum atomic E-state index is -3.36. The molecule has 2 aromatic rings. The van der Waals surface area contributed by atoms with Gasteiger partial charge in [-0.1, -0.05) is 12.1 Å². The van der Waals surface area contributed by atoms with Crippen LogP contribution in [0.2, 0.25) is 0 Å². The van der Waals surface area contributed by atoms with E-state index in [1.807, 2.05) is 0 Å². The lowest BCUT2D eigenvalue weighted by Crippen LogP contribution is -2.24. The van der Waals surface area contributed by atoms with E-state index in [0.717, 1.165) is 12.7 Å². The van der Waals surface area contributed by atoms with Crippen LogP contribution in [-0.2, 0) is 26.0 Å². The molecule has 8 nitrogen and oxygen atoms in total. The first-order valence-corrected chi connectivity index (χ1v) is 11.8. The molecule has 2 N–H and O–H groups in total. The second-order valence-corrected chi connectivity index (χ2v) is 9.89. The van der Waals surface area contributed by atoms with Crippen LogP contribution in [0.15, 0.2) is 35.4 Å². The minimum Gasteiger partial charge on any atom is -0.394 e. The van der Waals surface area contributed by atoms with E-state index in [9.17, 15) is 18.0 Å². The number of nitrogens with one attached hydrogen (secondary N) is 1. The van der Waals surface area contributed by atoms with E-state index in [0.29, 0.717) is 42.8 Å². The molecule has 9 heteroatoms. The van der Waals surface area contributed by atoms with E-state index in [1.165, 1.54) is 10.7 Å². The Hall–Kier alpha value is -2.52. The van der Waals surface area contributed by atoms with Gasteiger partial charge in [0.05, 0.1) is 24.0 Å². The predicted octanol–water partition coefficient (Wildman–Crippen LogP) is 2.07. The maximum absolute atomic E-state index is 13.1. The Morgan fingerprint density at radius 1 is 1.37 bits per heavy atom. The second-order valence-electron chi connectivity index (χ2n) is 7.91.